The molecule has 0 saturated carbocycles. The molecule has 0 N–H and O–H groups in total. The zero-order valence-electron chi connectivity index (χ0n) is 11.8. The van der Waals surface area contributed by atoms with Crippen LogP contribution in [0.25, 0.3) is 0 Å². The topological polar surface area (TPSA) is 32.3 Å². The van der Waals surface area contributed by atoms with Gasteiger partial charge in [0.05, 0.1) is 5.69 Å². The molecule has 0 bridgehead atoms. The molecule has 1 aliphatic rings. The molecule has 18 heavy (non-hydrogen) atoms. The van der Waals surface area contributed by atoms with Crippen LogP contribution in [-0.2, 0) is 6.54 Å². The smallest absolute Gasteiger partial charge is 0.115 e. The van der Waals surface area contributed by atoms with E-state index in [-0.39, 0.29) is 0 Å². The van der Waals surface area contributed by atoms with Crippen LogP contribution in [0.1, 0.15) is 32.9 Å². The molecule has 0 unspecified atom stereocenters. The van der Waals surface area contributed by atoms with Gasteiger partial charge in [0, 0.05) is 44.5 Å². The highest BCUT2D eigenvalue weighted by molar-refractivity contribution is 4.98. The van der Waals surface area contributed by atoms with Crippen molar-refractivity contribution in [2.75, 3.05) is 26.2 Å². The number of hydrogen-bond donors (Lipinski definition) is 0. The quantitative estimate of drug-likeness (QED) is 0.813. The maximum Gasteiger partial charge on any atom is 0.115 e. The van der Waals surface area contributed by atoms with E-state index in [1.54, 1.807) is 6.33 Å². The van der Waals surface area contributed by atoms with E-state index >= 15 is 0 Å². The summed E-state index contributed by atoms with van der Waals surface area (Å²) < 4.78 is 0. The van der Waals surface area contributed by atoms with Crippen LogP contribution < -0.4 is 0 Å². The molecule has 2 heterocycles. The van der Waals surface area contributed by atoms with Crippen LogP contribution in [0.4, 0.5) is 0 Å². The Hall–Kier alpha value is -1.00. The minimum absolute atomic E-state index is 0.334. The predicted octanol–water partition coefficient (Wildman–Crippen LogP) is 1.78. The molecule has 0 radical (unpaired) electrons. The fraction of sp³-hybridized carbons (Fsp3) is 0.714. The largest absolute Gasteiger partial charge is 0.296 e. The second-order valence-electron chi connectivity index (χ2n) is 5.63. The molecule has 2 rings (SSSR count). The first-order valence-electron chi connectivity index (χ1n) is 6.84. The number of aromatic nitrogens is 2. The van der Waals surface area contributed by atoms with Crippen molar-refractivity contribution in [3.05, 3.63) is 24.3 Å². The summed E-state index contributed by atoms with van der Waals surface area (Å²) in [5.74, 6) is 0. The van der Waals surface area contributed by atoms with Crippen molar-refractivity contribution >= 4 is 0 Å². The Balaban J connectivity index is 1.84. The van der Waals surface area contributed by atoms with Crippen molar-refractivity contribution in [1.29, 1.82) is 0 Å². The van der Waals surface area contributed by atoms with E-state index in [4.69, 9.17) is 0 Å². The van der Waals surface area contributed by atoms with Crippen molar-refractivity contribution in [2.45, 2.75) is 39.3 Å². The summed E-state index contributed by atoms with van der Waals surface area (Å²) >= 11 is 0. The molecule has 0 spiro atoms. The third-order valence-electron chi connectivity index (χ3n) is 4.12. The van der Waals surface area contributed by atoms with Gasteiger partial charge in [0.1, 0.15) is 6.33 Å². The molecule has 4 nitrogen and oxygen atoms in total. The zero-order valence-corrected chi connectivity index (χ0v) is 11.8. The fourth-order valence-corrected chi connectivity index (χ4v) is 2.38. The van der Waals surface area contributed by atoms with Gasteiger partial charge in [-0.25, -0.2) is 9.97 Å². The summed E-state index contributed by atoms with van der Waals surface area (Å²) in [5.41, 5.74) is 1.45. The van der Waals surface area contributed by atoms with Crippen LogP contribution in [0, 0.1) is 0 Å². The van der Waals surface area contributed by atoms with E-state index in [2.05, 4.69) is 40.5 Å². The molecular weight excluding hydrogens is 224 g/mol. The minimum Gasteiger partial charge on any atom is -0.296 e. The van der Waals surface area contributed by atoms with Gasteiger partial charge in [-0.05, 0) is 26.3 Å². The van der Waals surface area contributed by atoms with Crippen LogP contribution in [-0.4, -0.2) is 51.5 Å². The van der Waals surface area contributed by atoms with E-state index in [1.807, 2.05) is 12.3 Å². The monoisotopic (exact) mass is 248 g/mol. The summed E-state index contributed by atoms with van der Waals surface area (Å²) in [6.45, 7) is 12.5. The standard InChI is InChI=1S/C14H24N4/c1-4-14(2,3)18-9-7-17(8-10-18)11-13-5-6-15-12-16-13/h5-6,12H,4,7-11H2,1-3H3. The molecule has 1 aliphatic heterocycles. The normalized spacial score (nSPS) is 19.1. The third kappa shape index (κ3) is 3.27. The summed E-state index contributed by atoms with van der Waals surface area (Å²) in [4.78, 5) is 13.3. The molecule has 0 aliphatic carbocycles. The number of nitrogens with zero attached hydrogens (tertiary/aromatic N) is 4. The van der Waals surface area contributed by atoms with Gasteiger partial charge in [-0.15, -0.1) is 0 Å². The highest BCUT2D eigenvalue weighted by Crippen LogP contribution is 2.20. The van der Waals surface area contributed by atoms with Crippen molar-refractivity contribution in [1.82, 2.24) is 19.8 Å². The van der Waals surface area contributed by atoms with E-state index < -0.39 is 0 Å². The molecule has 100 valence electrons. The van der Waals surface area contributed by atoms with Crippen molar-refractivity contribution < 1.29 is 0 Å². The predicted molar refractivity (Wildman–Crippen MR) is 73.3 cm³/mol. The average molecular weight is 248 g/mol. The van der Waals surface area contributed by atoms with Crippen molar-refractivity contribution in [2.24, 2.45) is 0 Å². The van der Waals surface area contributed by atoms with Crippen LogP contribution in [0.3, 0.4) is 0 Å². The Morgan fingerprint density at radius 2 is 1.94 bits per heavy atom. The van der Waals surface area contributed by atoms with Gasteiger partial charge in [-0.3, -0.25) is 9.80 Å². The summed E-state index contributed by atoms with van der Waals surface area (Å²) in [5, 5.41) is 0. The van der Waals surface area contributed by atoms with Crippen LogP contribution >= 0.6 is 0 Å². The van der Waals surface area contributed by atoms with Gasteiger partial charge in [0.15, 0.2) is 0 Å². The molecular formula is C14H24N4. The van der Waals surface area contributed by atoms with Crippen molar-refractivity contribution in [3.8, 4) is 0 Å². The summed E-state index contributed by atoms with van der Waals surface area (Å²) in [6.07, 6.45) is 4.66. The van der Waals surface area contributed by atoms with Gasteiger partial charge in [-0.1, -0.05) is 6.92 Å². The summed E-state index contributed by atoms with van der Waals surface area (Å²) in [6, 6.07) is 2.00. The van der Waals surface area contributed by atoms with Crippen LogP contribution in [0.2, 0.25) is 0 Å². The Kier molecular flexibility index (Phi) is 4.30. The number of hydrogen-bond acceptors (Lipinski definition) is 4. The van der Waals surface area contributed by atoms with E-state index in [0.29, 0.717) is 5.54 Å². The van der Waals surface area contributed by atoms with Crippen molar-refractivity contribution in [3.63, 3.8) is 0 Å². The lowest BCUT2D eigenvalue weighted by atomic mass is 9.98. The van der Waals surface area contributed by atoms with E-state index in [9.17, 15) is 0 Å². The Morgan fingerprint density at radius 1 is 1.22 bits per heavy atom. The lowest BCUT2D eigenvalue weighted by Crippen LogP contribution is -2.54. The first kappa shape index (κ1) is 13.4. The molecule has 1 saturated heterocycles. The summed E-state index contributed by atoms with van der Waals surface area (Å²) in [7, 11) is 0. The minimum atomic E-state index is 0.334. The molecule has 4 heteroatoms. The lowest BCUT2D eigenvalue weighted by molar-refractivity contribution is 0.0466. The number of rotatable bonds is 4. The lowest BCUT2D eigenvalue weighted by Gasteiger charge is -2.43. The SMILES string of the molecule is CCC(C)(C)N1CCN(Cc2ccncn2)CC1. The molecule has 1 aromatic heterocycles. The van der Waals surface area contributed by atoms with Gasteiger partial charge in [0.25, 0.3) is 0 Å². The molecule has 0 atom stereocenters. The average Bonchev–Trinajstić information content (AvgIpc) is 2.40. The van der Waals surface area contributed by atoms with Gasteiger partial charge in [0.2, 0.25) is 0 Å². The highest BCUT2D eigenvalue weighted by Gasteiger charge is 2.28. The zero-order chi connectivity index (χ0) is 13.0. The van der Waals surface area contributed by atoms with E-state index in [0.717, 1.165) is 38.4 Å². The second-order valence-corrected chi connectivity index (χ2v) is 5.63. The fourth-order valence-electron chi connectivity index (χ4n) is 2.38. The second kappa shape index (κ2) is 5.76. The first-order chi connectivity index (χ1) is 8.62. The molecule has 0 amide bonds. The molecule has 0 aromatic carbocycles. The van der Waals surface area contributed by atoms with E-state index in [1.165, 1.54) is 6.42 Å². The maximum atomic E-state index is 4.29. The highest BCUT2D eigenvalue weighted by atomic mass is 15.3. The van der Waals surface area contributed by atoms with Crippen LogP contribution in [0.5, 0.6) is 0 Å². The Bertz CT molecular complexity index is 355. The third-order valence-corrected chi connectivity index (χ3v) is 4.12. The molecule has 1 fully saturated rings. The first-order valence-corrected chi connectivity index (χ1v) is 6.84. The van der Waals surface area contributed by atoms with Gasteiger partial charge >= 0.3 is 0 Å². The number of piperazine rings is 1. The van der Waals surface area contributed by atoms with Gasteiger partial charge in [-0.2, -0.15) is 0 Å². The Labute approximate surface area is 110 Å². The Morgan fingerprint density at radius 3 is 2.50 bits per heavy atom. The van der Waals surface area contributed by atoms with Gasteiger partial charge < -0.3 is 0 Å². The molecule has 1 aromatic rings. The maximum absolute atomic E-state index is 4.29. The van der Waals surface area contributed by atoms with Crippen LogP contribution in [0.15, 0.2) is 18.6 Å².